The van der Waals surface area contributed by atoms with Gasteiger partial charge in [-0.2, -0.15) is 0 Å². The van der Waals surface area contributed by atoms with Gasteiger partial charge in [-0.15, -0.1) is 11.3 Å². The van der Waals surface area contributed by atoms with Crippen molar-refractivity contribution in [3.63, 3.8) is 0 Å². The van der Waals surface area contributed by atoms with E-state index in [1.165, 1.54) is 0 Å². The van der Waals surface area contributed by atoms with Crippen LogP contribution in [-0.2, 0) is 6.61 Å². The first-order chi connectivity index (χ1) is 6.77. The highest BCUT2D eigenvalue weighted by atomic mass is 32.1. The number of rotatable bonds is 2. The second kappa shape index (κ2) is 3.59. The summed E-state index contributed by atoms with van der Waals surface area (Å²) in [7, 11) is 1.68. The fourth-order valence-electron chi connectivity index (χ4n) is 1.71. The molecule has 0 fully saturated rings. The number of benzene rings is 1. The molecule has 0 aliphatic heterocycles. The molecule has 0 unspecified atom stereocenters. The zero-order valence-electron chi connectivity index (χ0n) is 8.20. The zero-order valence-corrected chi connectivity index (χ0v) is 9.02. The van der Waals surface area contributed by atoms with Crippen LogP contribution in [0.1, 0.15) is 11.1 Å². The maximum absolute atomic E-state index is 9.21. The van der Waals surface area contributed by atoms with Gasteiger partial charge in [0.15, 0.2) is 0 Å². The Morgan fingerprint density at radius 2 is 2.29 bits per heavy atom. The van der Waals surface area contributed by atoms with E-state index in [0.29, 0.717) is 0 Å². The van der Waals surface area contributed by atoms with Gasteiger partial charge in [0.1, 0.15) is 5.75 Å². The van der Waals surface area contributed by atoms with Crippen LogP contribution in [-0.4, -0.2) is 12.2 Å². The van der Waals surface area contributed by atoms with E-state index in [1.807, 2.05) is 24.4 Å². The highest BCUT2D eigenvalue weighted by Gasteiger charge is 2.10. The monoisotopic (exact) mass is 208 g/mol. The number of thiophene rings is 1. The number of hydrogen-bond acceptors (Lipinski definition) is 3. The van der Waals surface area contributed by atoms with Crippen molar-refractivity contribution in [2.24, 2.45) is 0 Å². The van der Waals surface area contributed by atoms with Gasteiger partial charge >= 0.3 is 0 Å². The molecule has 0 spiro atoms. The molecule has 0 amide bonds. The molecular weight excluding hydrogens is 196 g/mol. The van der Waals surface area contributed by atoms with Gasteiger partial charge in [0.05, 0.1) is 18.4 Å². The van der Waals surface area contributed by atoms with Gasteiger partial charge in [0, 0.05) is 5.39 Å². The maximum atomic E-state index is 9.21. The van der Waals surface area contributed by atoms with Crippen LogP contribution < -0.4 is 4.74 Å². The first kappa shape index (κ1) is 9.49. The molecule has 0 radical (unpaired) electrons. The number of fused-ring (bicyclic) bond motifs is 1. The molecule has 1 aromatic carbocycles. The Balaban J connectivity index is 2.81. The van der Waals surface area contributed by atoms with Gasteiger partial charge in [0.25, 0.3) is 0 Å². The fraction of sp³-hybridized carbons (Fsp3) is 0.273. The first-order valence-electron chi connectivity index (χ1n) is 4.42. The molecule has 14 heavy (non-hydrogen) atoms. The average molecular weight is 208 g/mol. The molecule has 0 saturated heterocycles. The van der Waals surface area contributed by atoms with E-state index in [1.54, 1.807) is 18.4 Å². The zero-order chi connectivity index (χ0) is 10.1. The van der Waals surface area contributed by atoms with Crippen molar-refractivity contribution in [1.82, 2.24) is 0 Å². The van der Waals surface area contributed by atoms with E-state index in [-0.39, 0.29) is 6.61 Å². The quantitative estimate of drug-likeness (QED) is 0.822. The highest BCUT2D eigenvalue weighted by molar-refractivity contribution is 7.17. The number of aliphatic hydroxyl groups excluding tert-OH is 1. The van der Waals surface area contributed by atoms with Gasteiger partial charge in [-0.05, 0) is 35.6 Å². The summed E-state index contributed by atoms with van der Waals surface area (Å²) < 4.78 is 6.47. The second-order valence-corrected chi connectivity index (χ2v) is 4.12. The standard InChI is InChI=1S/C11H12O2S/c1-7-5-8(6-12)9-3-4-14-11(9)10(7)13-2/h3-5,12H,6H2,1-2H3. The van der Waals surface area contributed by atoms with Crippen molar-refractivity contribution in [3.8, 4) is 5.75 Å². The molecule has 1 heterocycles. The number of hydrogen-bond donors (Lipinski definition) is 1. The highest BCUT2D eigenvalue weighted by Crippen LogP contribution is 2.35. The fourth-order valence-corrected chi connectivity index (χ4v) is 2.72. The van der Waals surface area contributed by atoms with Crippen LogP contribution in [0.15, 0.2) is 17.5 Å². The number of ether oxygens (including phenoxy) is 1. The SMILES string of the molecule is COc1c(C)cc(CO)c2ccsc12. The number of aliphatic hydroxyl groups is 1. The summed E-state index contributed by atoms with van der Waals surface area (Å²) in [6, 6.07) is 4.00. The maximum Gasteiger partial charge on any atom is 0.139 e. The van der Waals surface area contributed by atoms with Crippen molar-refractivity contribution in [1.29, 1.82) is 0 Å². The van der Waals surface area contributed by atoms with E-state index < -0.39 is 0 Å². The number of methoxy groups -OCH3 is 1. The summed E-state index contributed by atoms with van der Waals surface area (Å²) in [6.45, 7) is 2.08. The average Bonchev–Trinajstić information content (AvgIpc) is 2.65. The van der Waals surface area contributed by atoms with E-state index in [0.717, 1.165) is 27.0 Å². The summed E-state index contributed by atoms with van der Waals surface area (Å²) >= 11 is 1.65. The van der Waals surface area contributed by atoms with E-state index in [2.05, 4.69) is 0 Å². The van der Waals surface area contributed by atoms with Gasteiger partial charge in [0.2, 0.25) is 0 Å². The summed E-state index contributed by atoms with van der Waals surface area (Å²) in [6.07, 6.45) is 0. The summed E-state index contributed by atoms with van der Waals surface area (Å²) in [5, 5.41) is 12.3. The third kappa shape index (κ3) is 1.29. The molecule has 0 bridgehead atoms. The Labute approximate surface area is 86.8 Å². The van der Waals surface area contributed by atoms with Crippen molar-refractivity contribution < 1.29 is 9.84 Å². The molecule has 1 N–H and O–H groups in total. The third-order valence-corrected chi connectivity index (χ3v) is 3.25. The Morgan fingerprint density at radius 3 is 2.93 bits per heavy atom. The van der Waals surface area contributed by atoms with E-state index in [4.69, 9.17) is 4.74 Å². The van der Waals surface area contributed by atoms with Crippen LogP contribution in [0.25, 0.3) is 10.1 Å². The molecule has 0 saturated carbocycles. The Kier molecular flexibility index (Phi) is 2.44. The van der Waals surface area contributed by atoms with E-state index >= 15 is 0 Å². The predicted molar refractivity (Wildman–Crippen MR) is 59.0 cm³/mol. The molecule has 2 rings (SSSR count). The van der Waals surface area contributed by atoms with Gasteiger partial charge < -0.3 is 9.84 Å². The molecular formula is C11H12O2S. The minimum Gasteiger partial charge on any atom is -0.495 e. The van der Waals surface area contributed by atoms with E-state index in [9.17, 15) is 5.11 Å². The van der Waals surface area contributed by atoms with Crippen molar-refractivity contribution in [2.45, 2.75) is 13.5 Å². The van der Waals surface area contributed by atoms with Crippen LogP contribution >= 0.6 is 11.3 Å². The smallest absolute Gasteiger partial charge is 0.139 e. The molecule has 2 aromatic rings. The molecule has 2 nitrogen and oxygen atoms in total. The normalized spacial score (nSPS) is 10.8. The largest absolute Gasteiger partial charge is 0.495 e. The molecule has 0 atom stereocenters. The molecule has 0 aliphatic carbocycles. The molecule has 74 valence electrons. The molecule has 1 aromatic heterocycles. The van der Waals surface area contributed by atoms with Crippen LogP contribution in [0.4, 0.5) is 0 Å². The Bertz CT molecular complexity index is 460. The topological polar surface area (TPSA) is 29.5 Å². The van der Waals surface area contributed by atoms with Crippen LogP contribution in [0.3, 0.4) is 0 Å². The van der Waals surface area contributed by atoms with Gasteiger partial charge in [-0.3, -0.25) is 0 Å². The van der Waals surface area contributed by atoms with Crippen LogP contribution in [0.5, 0.6) is 5.75 Å². The van der Waals surface area contributed by atoms with Crippen molar-refractivity contribution >= 4 is 21.4 Å². The molecule has 0 aliphatic rings. The van der Waals surface area contributed by atoms with Gasteiger partial charge in [-0.25, -0.2) is 0 Å². The summed E-state index contributed by atoms with van der Waals surface area (Å²) in [5.41, 5.74) is 2.05. The lowest BCUT2D eigenvalue weighted by atomic mass is 10.1. The first-order valence-corrected chi connectivity index (χ1v) is 5.30. The Morgan fingerprint density at radius 1 is 1.50 bits per heavy atom. The Hall–Kier alpha value is -1.06. The van der Waals surface area contributed by atoms with Crippen molar-refractivity contribution in [2.75, 3.05) is 7.11 Å². The minimum absolute atomic E-state index is 0.0814. The lowest BCUT2D eigenvalue weighted by molar-refractivity contribution is 0.283. The minimum atomic E-state index is 0.0814. The summed E-state index contributed by atoms with van der Waals surface area (Å²) in [4.78, 5) is 0. The predicted octanol–water partition coefficient (Wildman–Crippen LogP) is 2.71. The third-order valence-electron chi connectivity index (χ3n) is 2.34. The number of aryl methyl sites for hydroxylation is 1. The van der Waals surface area contributed by atoms with Gasteiger partial charge in [-0.1, -0.05) is 0 Å². The lowest BCUT2D eigenvalue weighted by Gasteiger charge is -2.08. The molecule has 3 heteroatoms. The van der Waals surface area contributed by atoms with Crippen molar-refractivity contribution in [3.05, 3.63) is 28.6 Å². The second-order valence-electron chi connectivity index (χ2n) is 3.21. The van der Waals surface area contributed by atoms with Crippen LogP contribution in [0.2, 0.25) is 0 Å². The lowest BCUT2D eigenvalue weighted by Crippen LogP contribution is -1.91. The van der Waals surface area contributed by atoms with Crippen LogP contribution in [0, 0.1) is 6.92 Å². The summed E-state index contributed by atoms with van der Waals surface area (Å²) in [5.74, 6) is 0.923.